The zero-order valence-electron chi connectivity index (χ0n) is 18.4. The van der Waals surface area contributed by atoms with Gasteiger partial charge < -0.3 is 34.1 Å². The lowest BCUT2D eigenvalue weighted by Crippen LogP contribution is -2.43. The molecule has 0 atom stereocenters. The number of nitrogens with zero attached hydrogens (tertiary/aromatic N) is 2. The van der Waals surface area contributed by atoms with Crippen LogP contribution < -0.4 is 20.3 Å². The number of rotatable bonds is 9. The number of hydrogen-bond donors (Lipinski definition) is 2. The Morgan fingerprint density at radius 1 is 1.25 bits per heavy atom. The molecule has 3 heterocycles. The van der Waals surface area contributed by atoms with Gasteiger partial charge in [-0.15, -0.1) is 0 Å². The lowest BCUT2D eigenvalue weighted by Gasteiger charge is -2.29. The third-order valence-electron chi connectivity index (χ3n) is 5.65. The first-order valence-electron chi connectivity index (χ1n) is 10.9. The fourth-order valence-corrected chi connectivity index (χ4v) is 4.16. The average molecular weight is 463 g/mol. The lowest BCUT2D eigenvalue weighted by atomic mass is 10.1. The molecule has 0 bridgehead atoms. The molecular weight excluding hydrogens is 432 g/mol. The maximum Gasteiger partial charge on any atom is 0.253 e. The molecule has 0 saturated carbocycles. The summed E-state index contributed by atoms with van der Waals surface area (Å²) in [5.74, 6) is 1.34. The Hall–Kier alpha value is -2.40. The first kappa shape index (κ1) is 22.8. The fourth-order valence-electron chi connectivity index (χ4n) is 3.90. The molecule has 1 fully saturated rings. The minimum Gasteiger partial charge on any atom is -0.454 e. The molecule has 174 valence electrons. The largest absolute Gasteiger partial charge is 0.454 e. The second-order valence-corrected chi connectivity index (χ2v) is 8.26. The van der Waals surface area contributed by atoms with Crippen molar-refractivity contribution in [3.8, 4) is 11.5 Å². The van der Waals surface area contributed by atoms with Gasteiger partial charge in [-0.2, -0.15) is 0 Å². The van der Waals surface area contributed by atoms with Gasteiger partial charge in [-0.25, -0.2) is 0 Å². The Labute approximate surface area is 192 Å². The topological polar surface area (TPSA) is 88.3 Å². The van der Waals surface area contributed by atoms with Crippen molar-refractivity contribution in [1.29, 1.82) is 0 Å². The highest BCUT2D eigenvalue weighted by Crippen LogP contribution is 2.35. The van der Waals surface area contributed by atoms with Crippen LogP contribution in [0.1, 0.15) is 12.0 Å². The van der Waals surface area contributed by atoms with Crippen LogP contribution in [0.15, 0.2) is 23.0 Å². The summed E-state index contributed by atoms with van der Waals surface area (Å²) in [6, 6.07) is 5.61. The van der Waals surface area contributed by atoms with Gasteiger partial charge in [0.1, 0.15) is 0 Å². The van der Waals surface area contributed by atoms with E-state index in [0.29, 0.717) is 41.9 Å². The Bertz CT molecular complexity index is 992. The van der Waals surface area contributed by atoms with E-state index in [1.54, 1.807) is 13.2 Å². The molecule has 10 heteroatoms. The van der Waals surface area contributed by atoms with Crippen molar-refractivity contribution in [3.63, 3.8) is 0 Å². The van der Waals surface area contributed by atoms with E-state index >= 15 is 0 Å². The number of ether oxygens (including phenoxy) is 4. The van der Waals surface area contributed by atoms with E-state index in [1.165, 1.54) is 0 Å². The highest BCUT2D eigenvalue weighted by Gasteiger charge is 2.18. The molecule has 1 saturated heterocycles. The van der Waals surface area contributed by atoms with Crippen molar-refractivity contribution in [2.24, 2.45) is 0 Å². The van der Waals surface area contributed by atoms with Crippen molar-refractivity contribution < 1.29 is 18.9 Å². The Balaban J connectivity index is 1.47. The van der Waals surface area contributed by atoms with E-state index in [-0.39, 0.29) is 12.4 Å². The van der Waals surface area contributed by atoms with Gasteiger partial charge in [0, 0.05) is 56.8 Å². The third kappa shape index (κ3) is 5.69. The second kappa shape index (κ2) is 11.0. The van der Waals surface area contributed by atoms with Crippen LogP contribution in [0.25, 0.3) is 10.9 Å². The molecule has 32 heavy (non-hydrogen) atoms. The van der Waals surface area contributed by atoms with Crippen LogP contribution in [0.2, 0.25) is 0 Å². The smallest absolute Gasteiger partial charge is 0.253 e. The van der Waals surface area contributed by atoms with Gasteiger partial charge in [0.2, 0.25) is 6.79 Å². The molecule has 2 aliphatic rings. The van der Waals surface area contributed by atoms with Crippen LogP contribution in [-0.4, -0.2) is 86.3 Å². The predicted molar refractivity (Wildman–Crippen MR) is 125 cm³/mol. The molecule has 2 aromatic rings. The first-order valence-corrected chi connectivity index (χ1v) is 11.3. The minimum atomic E-state index is -0.130. The van der Waals surface area contributed by atoms with Crippen molar-refractivity contribution in [3.05, 3.63) is 34.1 Å². The highest BCUT2D eigenvalue weighted by molar-refractivity contribution is 7.80. The maximum absolute atomic E-state index is 12.8. The number of thiocarbonyl (C=S) groups is 1. The van der Waals surface area contributed by atoms with Crippen molar-refractivity contribution >= 4 is 28.2 Å². The zero-order chi connectivity index (χ0) is 22.3. The monoisotopic (exact) mass is 462 g/mol. The predicted octanol–water partition coefficient (Wildman–Crippen LogP) is 1.30. The molecule has 0 radical (unpaired) electrons. The number of fused-ring (bicyclic) bond motifs is 2. The van der Waals surface area contributed by atoms with Gasteiger partial charge in [0.25, 0.3) is 5.56 Å². The number of benzene rings is 1. The number of morpholine rings is 1. The summed E-state index contributed by atoms with van der Waals surface area (Å²) in [5.41, 5.74) is 1.25. The maximum atomic E-state index is 12.8. The number of pyridine rings is 1. The summed E-state index contributed by atoms with van der Waals surface area (Å²) in [6.45, 7) is 6.99. The normalized spacial score (nSPS) is 15.8. The van der Waals surface area contributed by atoms with Crippen LogP contribution in [0, 0.1) is 0 Å². The molecular formula is C22H30N4O5S. The van der Waals surface area contributed by atoms with Crippen molar-refractivity contribution in [2.45, 2.75) is 13.0 Å². The molecule has 0 unspecified atom stereocenters. The quantitative estimate of drug-likeness (QED) is 0.423. The Morgan fingerprint density at radius 2 is 2.03 bits per heavy atom. The molecule has 0 aliphatic carbocycles. The fraction of sp³-hybridized carbons (Fsp3) is 0.545. The molecule has 9 nitrogen and oxygen atoms in total. The Kier molecular flexibility index (Phi) is 7.80. The molecule has 2 aliphatic heterocycles. The number of methoxy groups -OCH3 is 1. The number of aromatic nitrogens is 1. The first-order chi connectivity index (χ1) is 15.6. The summed E-state index contributed by atoms with van der Waals surface area (Å²) in [6.07, 6.45) is 0.941. The van der Waals surface area contributed by atoms with E-state index < -0.39 is 0 Å². The van der Waals surface area contributed by atoms with Crippen LogP contribution in [0.4, 0.5) is 0 Å². The van der Waals surface area contributed by atoms with Crippen molar-refractivity contribution in [1.82, 2.24) is 20.1 Å². The standard InChI is InChI=1S/C22H30N4O5S/c1-28-8-3-23-22(32)26(5-2-4-25-6-9-29-10-7-25)14-17-11-16-12-19-20(31-15-30-19)13-18(16)24-21(17)27/h11-13H,2-10,14-15H2,1H3,(H,23,32)(H,24,27). The van der Waals surface area contributed by atoms with E-state index in [9.17, 15) is 4.79 Å². The van der Waals surface area contributed by atoms with Gasteiger partial charge in [-0.3, -0.25) is 9.69 Å². The average Bonchev–Trinajstić information content (AvgIpc) is 3.25. The van der Waals surface area contributed by atoms with E-state index in [0.717, 1.165) is 56.7 Å². The summed E-state index contributed by atoms with van der Waals surface area (Å²) in [7, 11) is 1.66. The molecule has 4 rings (SSSR count). The highest BCUT2D eigenvalue weighted by atomic mass is 32.1. The lowest BCUT2D eigenvalue weighted by molar-refractivity contribution is 0.0367. The van der Waals surface area contributed by atoms with Crippen molar-refractivity contribution in [2.75, 3.05) is 66.4 Å². The van der Waals surface area contributed by atoms with Crippen LogP contribution in [0.3, 0.4) is 0 Å². The number of aromatic amines is 1. The molecule has 0 spiro atoms. The van der Waals surface area contributed by atoms with E-state index in [2.05, 4.69) is 20.1 Å². The summed E-state index contributed by atoms with van der Waals surface area (Å²) in [5, 5.41) is 4.75. The zero-order valence-corrected chi connectivity index (χ0v) is 19.2. The van der Waals surface area contributed by atoms with E-state index in [4.69, 9.17) is 31.2 Å². The molecule has 0 amide bonds. The number of H-pyrrole nitrogens is 1. The summed E-state index contributed by atoms with van der Waals surface area (Å²) in [4.78, 5) is 20.2. The van der Waals surface area contributed by atoms with Gasteiger partial charge in [-0.1, -0.05) is 0 Å². The number of hydrogen-bond acceptors (Lipinski definition) is 7. The van der Waals surface area contributed by atoms with Crippen LogP contribution in [0.5, 0.6) is 11.5 Å². The van der Waals surface area contributed by atoms with Gasteiger partial charge in [-0.05, 0) is 30.8 Å². The Morgan fingerprint density at radius 3 is 2.81 bits per heavy atom. The minimum absolute atomic E-state index is 0.130. The molecule has 2 N–H and O–H groups in total. The van der Waals surface area contributed by atoms with Gasteiger partial charge in [0.05, 0.1) is 31.9 Å². The summed E-state index contributed by atoms with van der Waals surface area (Å²) >= 11 is 5.64. The van der Waals surface area contributed by atoms with E-state index in [1.807, 2.05) is 12.1 Å². The third-order valence-corrected chi connectivity index (χ3v) is 6.05. The number of nitrogens with one attached hydrogen (secondary N) is 2. The van der Waals surface area contributed by atoms with Gasteiger partial charge >= 0.3 is 0 Å². The van der Waals surface area contributed by atoms with Crippen LogP contribution >= 0.6 is 12.2 Å². The molecule has 1 aromatic heterocycles. The van der Waals surface area contributed by atoms with Gasteiger partial charge in [0.15, 0.2) is 16.6 Å². The SMILES string of the molecule is COCCNC(=S)N(CCCN1CCOCC1)Cc1cc2cc3c(cc2[nH]c1=O)OCO3. The summed E-state index contributed by atoms with van der Waals surface area (Å²) < 4.78 is 21.4. The molecule has 1 aromatic carbocycles. The second-order valence-electron chi connectivity index (χ2n) is 7.87. The van der Waals surface area contributed by atoms with Crippen LogP contribution in [-0.2, 0) is 16.0 Å².